The summed E-state index contributed by atoms with van der Waals surface area (Å²) in [7, 11) is 1.71. The first kappa shape index (κ1) is 25.2. The van der Waals surface area contributed by atoms with Gasteiger partial charge in [-0.3, -0.25) is 19.1 Å². The topological polar surface area (TPSA) is 69.3 Å². The number of thiocarbonyl (C=S) groups is 1. The Bertz CT molecular complexity index is 1270. The smallest absolute Gasteiger partial charge is 0.270 e. The third kappa shape index (κ3) is 5.21. The van der Waals surface area contributed by atoms with Crippen molar-refractivity contribution in [2.24, 2.45) is 13.0 Å². The van der Waals surface area contributed by atoms with Crippen LogP contribution in [-0.2, 0) is 18.3 Å². The number of aromatic nitrogens is 1. The number of nitrogens with zero attached hydrogens (tertiary/aromatic N) is 4. The highest BCUT2D eigenvalue weighted by Gasteiger charge is 2.33. The van der Waals surface area contributed by atoms with Crippen LogP contribution in [0.3, 0.4) is 0 Å². The van der Waals surface area contributed by atoms with Crippen molar-refractivity contribution < 1.29 is 4.79 Å². The lowest BCUT2D eigenvalue weighted by Crippen LogP contribution is -2.38. The van der Waals surface area contributed by atoms with Gasteiger partial charge in [-0.2, -0.15) is 5.26 Å². The summed E-state index contributed by atoms with van der Waals surface area (Å²) in [5.74, 6) is 1.30. The molecule has 0 bridgehead atoms. The Labute approximate surface area is 216 Å². The molecule has 2 aromatic rings. The first-order chi connectivity index (χ1) is 16.8. The Kier molecular flexibility index (Phi) is 7.78. The van der Waals surface area contributed by atoms with E-state index in [0.29, 0.717) is 27.3 Å². The van der Waals surface area contributed by atoms with Crippen LogP contribution in [0.2, 0.25) is 0 Å². The Morgan fingerprint density at radius 1 is 1.20 bits per heavy atom. The van der Waals surface area contributed by atoms with E-state index in [2.05, 4.69) is 30.0 Å². The predicted octanol–water partition coefficient (Wildman–Crippen LogP) is 4.64. The fourth-order valence-corrected chi connectivity index (χ4v) is 6.01. The van der Waals surface area contributed by atoms with E-state index in [1.54, 1.807) is 23.4 Å². The van der Waals surface area contributed by atoms with Gasteiger partial charge in [-0.15, -0.1) is 0 Å². The number of pyridine rings is 1. The minimum Gasteiger partial charge on any atom is -0.357 e. The van der Waals surface area contributed by atoms with E-state index >= 15 is 0 Å². The zero-order valence-corrected chi connectivity index (χ0v) is 22.0. The molecule has 0 spiro atoms. The van der Waals surface area contributed by atoms with Gasteiger partial charge in [0.15, 0.2) is 0 Å². The molecule has 1 aromatic carbocycles. The second kappa shape index (κ2) is 10.8. The Morgan fingerprint density at radius 2 is 1.89 bits per heavy atom. The van der Waals surface area contributed by atoms with Crippen LogP contribution in [0.4, 0.5) is 5.82 Å². The molecule has 0 N–H and O–H groups in total. The molecule has 3 heterocycles. The summed E-state index contributed by atoms with van der Waals surface area (Å²) in [6, 6.07) is 12.3. The number of thioether (sulfide) groups is 1. The fraction of sp³-hybridized carbons (Fsp3) is 0.407. The number of benzene rings is 1. The molecule has 2 aliphatic heterocycles. The largest absolute Gasteiger partial charge is 0.357 e. The van der Waals surface area contributed by atoms with E-state index in [9.17, 15) is 14.9 Å². The first-order valence-electron chi connectivity index (χ1n) is 12.0. The molecular formula is C27H30N4O2S2. The maximum Gasteiger partial charge on any atom is 0.270 e. The average Bonchev–Trinajstić information content (AvgIpc) is 3.12. The molecule has 0 saturated carbocycles. The van der Waals surface area contributed by atoms with Crippen LogP contribution in [-0.4, -0.2) is 39.3 Å². The molecule has 6 nitrogen and oxygen atoms in total. The number of rotatable bonds is 6. The van der Waals surface area contributed by atoms with Gasteiger partial charge in [-0.25, -0.2) is 0 Å². The quantitative estimate of drug-likeness (QED) is 0.420. The van der Waals surface area contributed by atoms with Gasteiger partial charge in [0, 0.05) is 32.2 Å². The van der Waals surface area contributed by atoms with Gasteiger partial charge in [0.1, 0.15) is 21.8 Å². The number of amides is 1. The monoisotopic (exact) mass is 506 g/mol. The van der Waals surface area contributed by atoms with Crippen molar-refractivity contribution in [1.29, 1.82) is 5.26 Å². The Morgan fingerprint density at radius 3 is 2.54 bits per heavy atom. The number of anilines is 1. The highest BCUT2D eigenvalue weighted by atomic mass is 32.2. The molecule has 2 fully saturated rings. The van der Waals surface area contributed by atoms with Crippen LogP contribution < -0.4 is 10.5 Å². The third-order valence-electron chi connectivity index (χ3n) is 6.89. The van der Waals surface area contributed by atoms with Crippen molar-refractivity contribution in [2.75, 3.05) is 24.5 Å². The van der Waals surface area contributed by atoms with Crippen molar-refractivity contribution in [3.63, 3.8) is 0 Å². The highest BCUT2D eigenvalue weighted by Crippen LogP contribution is 2.36. The molecule has 0 atom stereocenters. The molecular weight excluding hydrogens is 476 g/mol. The second-order valence-electron chi connectivity index (χ2n) is 9.31. The molecule has 0 unspecified atom stereocenters. The lowest BCUT2D eigenvalue weighted by molar-refractivity contribution is -0.122. The van der Waals surface area contributed by atoms with Gasteiger partial charge < -0.3 is 4.90 Å². The van der Waals surface area contributed by atoms with E-state index in [1.165, 1.54) is 17.3 Å². The fourth-order valence-electron chi connectivity index (χ4n) is 4.72. The summed E-state index contributed by atoms with van der Waals surface area (Å²) in [6.07, 6.45) is 5.60. The number of nitriles is 1. The molecule has 2 aliphatic rings. The summed E-state index contributed by atoms with van der Waals surface area (Å²) in [6.45, 7) is 6.26. The second-order valence-corrected chi connectivity index (χ2v) is 11.0. The van der Waals surface area contributed by atoms with Gasteiger partial charge in [-0.05, 0) is 55.7 Å². The minimum absolute atomic E-state index is 0.113. The lowest BCUT2D eigenvalue weighted by atomic mass is 9.97. The molecule has 2 saturated heterocycles. The summed E-state index contributed by atoms with van der Waals surface area (Å²) >= 11 is 6.84. The number of hydrogen-bond acceptors (Lipinski definition) is 6. The van der Waals surface area contributed by atoms with E-state index in [0.717, 1.165) is 50.2 Å². The molecule has 8 heteroatoms. The van der Waals surface area contributed by atoms with Crippen LogP contribution in [0.5, 0.6) is 0 Å². The molecule has 0 aliphatic carbocycles. The predicted molar refractivity (Wildman–Crippen MR) is 146 cm³/mol. The van der Waals surface area contributed by atoms with Gasteiger partial charge >= 0.3 is 0 Å². The first-order valence-corrected chi connectivity index (χ1v) is 13.2. The van der Waals surface area contributed by atoms with Crippen LogP contribution >= 0.6 is 24.0 Å². The summed E-state index contributed by atoms with van der Waals surface area (Å²) in [5, 5.41) is 9.67. The Balaban J connectivity index is 1.64. The standard InChI is InChI=1S/C27H30N4O2S2/c1-18-11-14-30(15-12-18)24-21(19(2)22(17-28)25(32)29(24)3)16-23-26(33)31(27(34)35-23)13-7-10-20-8-5-4-6-9-20/h4-6,8-9,16,18H,7,10-15H2,1-3H3. The summed E-state index contributed by atoms with van der Waals surface area (Å²) < 4.78 is 2.11. The molecule has 182 valence electrons. The lowest BCUT2D eigenvalue weighted by Gasteiger charge is -2.34. The SMILES string of the molecule is Cc1c(C=C2SC(=S)N(CCCc3ccccc3)C2=O)c(N2CCC(C)CC2)n(C)c(=O)c1C#N. The maximum absolute atomic E-state index is 13.3. The molecule has 1 amide bonds. The zero-order chi connectivity index (χ0) is 25.1. The number of hydrogen-bond donors (Lipinski definition) is 0. The van der Waals surface area contributed by atoms with Crippen LogP contribution in [0.25, 0.3) is 6.08 Å². The summed E-state index contributed by atoms with van der Waals surface area (Å²) in [4.78, 5) is 30.7. The average molecular weight is 507 g/mol. The van der Waals surface area contributed by atoms with E-state index in [-0.39, 0.29) is 17.0 Å². The molecule has 4 rings (SSSR count). The zero-order valence-electron chi connectivity index (χ0n) is 20.4. The van der Waals surface area contributed by atoms with Gasteiger partial charge in [0.2, 0.25) is 0 Å². The maximum atomic E-state index is 13.3. The number of carbonyl (C=O) groups excluding carboxylic acids is 1. The van der Waals surface area contributed by atoms with Crippen molar-refractivity contribution in [3.8, 4) is 6.07 Å². The normalized spacial score (nSPS) is 17.9. The minimum atomic E-state index is -0.302. The van der Waals surface area contributed by atoms with Crippen LogP contribution in [0.1, 0.15) is 48.4 Å². The van der Waals surface area contributed by atoms with Crippen molar-refractivity contribution in [2.45, 2.75) is 39.5 Å². The van der Waals surface area contributed by atoms with Crippen LogP contribution in [0.15, 0.2) is 40.0 Å². The van der Waals surface area contributed by atoms with Gasteiger partial charge in [0.05, 0.1) is 4.91 Å². The number of carbonyl (C=O) groups is 1. The third-order valence-corrected chi connectivity index (χ3v) is 8.27. The van der Waals surface area contributed by atoms with Gasteiger partial charge in [0.25, 0.3) is 11.5 Å². The number of piperidine rings is 1. The number of aryl methyl sites for hydroxylation is 1. The van der Waals surface area contributed by atoms with Crippen molar-refractivity contribution in [3.05, 3.63) is 67.8 Å². The van der Waals surface area contributed by atoms with Crippen molar-refractivity contribution in [1.82, 2.24) is 9.47 Å². The van der Waals surface area contributed by atoms with E-state index < -0.39 is 0 Å². The van der Waals surface area contributed by atoms with Gasteiger partial charge in [-0.1, -0.05) is 61.2 Å². The Hall–Kier alpha value is -2.89. The molecule has 1 aromatic heterocycles. The highest BCUT2D eigenvalue weighted by molar-refractivity contribution is 8.26. The molecule has 0 radical (unpaired) electrons. The molecule has 35 heavy (non-hydrogen) atoms. The van der Waals surface area contributed by atoms with Crippen molar-refractivity contribution >= 4 is 46.1 Å². The van der Waals surface area contributed by atoms with Crippen LogP contribution in [0, 0.1) is 24.2 Å². The van der Waals surface area contributed by atoms with E-state index in [4.69, 9.17) is 12.2 Å². The van der Waals surface area contributed by atoms with E-state index in [1.807, 2.05) is 24.3 Å². The summed E-state index contributed by atoms with van der Waals surface area (Å²) in [5.41, 5.74) is 2.41.